The summed E-state index contributed by atoms with van der Waals surface area (Å²) in [6, 6.07) is 6.07. The van der Waals surface area contributed by atoms with E-state index in [1.165, 1.54) is 6.07 Å². The molecule has 4 heteroatoms. The van der Waals surface area contributed by atoms with Crippen molar-refractivity contribution in [3.8, 4) is 11.8 Å². The van der Waals surface area contributed by atoms with Crippen LogP contribution in [0.2, 0.25) is 0 Å². The van der Waals surface area contributed by atoms with Gasteiger partial charge in [0.15, 0.2) is 0 Å². The van der Waals surface area contributed by atoms with Gasteiger partial charge in [0.05, 0.1) is 12.1 Å². The molecule has 1 aromatic rings. The summed E-state index contributed by atoms with van der Waals surface area (Å²) in [5.74, 6) is 4.98. The van der Waals surface area contributed by atoms with Crippen molar-refractivity contribution in [3.63, 3.8) is 0 Å². The third-order valence-electron chi connectivity index (χ3n) is 1.85. The second-order valence-electron chi connectivity index (χ2n) is 3.76. The number of carbonyl (C=O) groups is 1. The van der Waals surface area contributed by atoms with Gasteiger partial charge in [-0.2, -0.15) is 0 Å². The van der Waals surface area contributed by atoms with E-state index in [2.05, 4.69) is 22.5 Å². The third kappa shape index (κ3) is 5.03. The Morgan fingerprint density at radius 3 is 2.76 bits per heavy atom. The van der Waals surface area contributed by atoms with Crippen LogP contribution >= 0.6 is 0 Å². The second kappa shape index (κ2) is 6.54. The highest BCUT2D eigenvalue weighted by Crippen LogP contribution is 2.03. The number of hydrogen-bond acceptors (Lipinski definition) is 1. The van der Waals surface area contributed by atoms with Crippen LogP contribution in [0.15, 0.2) is 24.3 Å². The van der Waals surface area contributed by atoms with Gasteiger partial charge < -0.3 is 10.6 Å². The average molecular weight is 234 g/mol. The molecule has 1 rings (SSSR count). The van der Waals surface area contributed by atoms with Gasteiger partial charge in [0.2, 0.25) is 0 Å². The smallest absolute Gasteiger partial charge is 0.315 e. The van der Waals surface area contributed by atoms with Crippen LogP contribution in [-0.4, -0.2) is 18.6 Å². The van der Waals surface area contributed by atoms with Gasteiger partial charge >= 0.3 is 6.03 Å². The van der Waals surface area contributed by atoms with Crippen LogP contribution in [0.4, 0.5) is 9.18 Å². The van der Waals surface area contributed by atoms with Crippen molar-refractivity contribution in [2.75, 3.05) is 6.54 Å². The molecule has 0 bridgehead atoms. The lowest BCUT2D eigenvalue weighted by Gasteiger charge is -2.07. The minimum Gasteiger partial charge on any atom is -0.336 e. The molecule has 17 heavy (non-hydrogen) atoms. The Hall–Kier alpha value is -2.02. The molecule has 90 valence electrons. The third-order valence-corrected chi connectivity index (χ3v) is 1.85. The van der Waals surface area contributed by atoms with E-state index in [-0.39, 0.29) is 24.4 Å². The fourth-order valence-electron chi connectivity index (χ4n) is 1.14. The molecule has 0 unspecified atom stereocenters. The van der Waals surface area contributed by atoms with E-state index in [1.54, 1.807) is 18.2 Å². The molecule has 0 aromatic heterocycles. The highest BCUT2D eigenvalue weighted by atomic mass is 19.1. The number of halogens is 1. The van der Waals surface area contributed by atoms with Crippen LogP contribution in [0.3, 0.4) is 0 Å². The number of rotatable bonds is 2. The van der Waals surface area contributed by atoms with Gasteiger partial charge in [-0.3, -0.25) is 0 Å². The molecule has 0 spiro atoms. The van der Waals surface area contributed by atoms with Gasteiger partial charge in [-0.1, -0.05) is 24.0 Å². The van der Waals surface area contributed by atoms with Crippen molar-refractivity contribution in [2.45, 2.75) is 19.9 Å². The van der Waals surface area contributed by atoms with Crippen LogP contribution < -0.4 is 10.6 Å². The lowest BCUT2D eigenvalue weighted by molar-refractivity contribution is 0.240. The number of carbonyl (C=O) groups excluding carboxylic acids is 1. The van der Waals surface area contributed by atoms with E-state index in [9.17, 15) is 9.18 Å². The lowest BCUT2D eigenvalue weighted by Crippen LogP contribution is -2.39. The first-order valence-corrected chi connectivity index (χ1v) is 5.37. The number of nitrogens with one attached hydrogen (secondary N) is 2. The molecular formula is C13H15FN2O. The van der Waals surface area contributed by atoms with E-state index in [4.69, 9.17) is 0 Å². The molecule has 0 fully saturated rings. The molecule has 2 N–H and O–H groups in total. The van der Waals surface area contributed by atoms with E-state index in [1.807, 2.05) is 13.8 Å². The molecule has 0 atom stereocenters. The highest BCUT2D eigenvalue weighted by molar-refractivity contribution is 5.74. The maximum Gasteiger partial charge on any atom is 0.315 e. The van der Waals surface area contributed by atoms with Crippen LogP contribution in [0.5, 0.6) is 0 Å². The van der Waals surface area contributed by atoms with Crippen LogP contribution in [0.1, 0.15) is 19.4 Å². The zero-order valence-corrected chi connectivity index (χ0v) is 9.88. The predicted octanol–water partition coefficient (Wildman–Crippen LogP) is 1.88. The van der Waals surface area contributed by atoms with Gasteiger partial charge in [-0.15, -0.1) is 0 Å². The van der Waals surface area contributed by atoms with Gasteiger partial charge in [-0.25, -0.2) is 9.18 Å². The first-order valence-electron chi connectivity index (χ1n) is 5.37. The van der Waals surface area contributed by atoms with E-state index in [0.717, 1.165) is 0 Å². The molecule has 0 aliphatic heterocycles. The lowest BCUT2D eigenvalue weighted by atomic mass is 10.2. The molecule has 0 aliphatic carbocycles. The van der Waals surface area contributed by atoms with Crippen molar-refractivity contribution in [3.05, 3.63) is 35.6 Å². The largest absolute Gasteiger partial charge is 0.336 e. The summed E-state index contributed by atoms with van der Waals surface area (Å²) >= 11 is 0. The average Bonchev–Trinajstić information content (AvgIpc) is 2.25. The van der Waals surface area contributed by atoms with Crippen LogP contribution in [0, 0.1) is 17.7 Å². The van der Waals surface area contributed by atoms with Crippen molar-refractivity contribution in [1.29, 1.82) is 0 Å². The summed E-state index contributed by atoms with van der Waals surface area (Å²) in [7, 11) is 0. The number of benzene rings is 1. The number of urea groups is 1. The van der Waals surface area contributed by atoms with E-state index in [0.29, 0.717) is 5.56 Å². The highest BCUT2D eigenvalue weighted by Gasteiger charge is 1.99. The molecule has 2 amide bonds. The molecular weight excluding hydrogens is 219 g/mol. The fraction of sp³-hybridized carbons (Fsp3) is 0.308. The molecule has 0 radical (unpaired) electrons. The number of amides is 2. The van der Waals surface area contributed by atoms with Crippen molar-refractivity contribution in [2.24, 2.45) is 0 Å². The first kappa shape index (κ1) is 13.0. The summed E-state index contributed by atoms with van der Waals surface area (Å²) in [6.45, 7) is 3.92. The Balaban J connectivity index is 2.42. The maximum absolute atomic E-state index is 13.1. The summed E-state index contributed by atoms with van der Waals surface area (Å²) in [5.41, 5.74) is 0.332. The predicted molar refractivity (Wildman–Crippen MR) is 64.9 cm³/mol. The Labute approximate surface area is 100 Å². The molecule has 0 saturated carbocycles. The van der Waals surface area contributed by atoms with Crippen molar-refractivity contribution in [1.82, 2.24) is 10.6 Å². The second-order valence-corrected chi connectivity index (χ2v) is 3.76. The molecule has 3 nitrogen and oxygen atoms in total. The Morgan fingerprint density at radius 1 is 1.41 bits per heavy atom. The Bertz CT molecular complexity index is 446. The summed E-state index contributed by atoms with van der Waals surface area (Å²) < 4.78 is 13.1. The van der Waals surface area contributed by atoms with E-state index < -0.39 is 0 Å². The summed E-state index contributed by atoms with van der Waals surface area (Å²) in [4.78, 5) is 11.2. The zero-order valence-electron chi connectivity index (χ0n) is 9.88. The fourth-order valence-corrected chi connectivity index (χ4v) is 1.14. The van der Waals surface area contributed by atoms with Gasteiger partial charge in [0.25, 0.3) is 0 Å². The zero-order chi connectivity index (χ0) is 12.7. The first-order chi connectivity index (χ1) is 8.09. The number of hydrogen-bond donors (Lipinski definition) is 2. The van der Waals surface area contributed by atoms with Gasteiger partial charge in [0.1, 0.15) is 5.82 Å². The molecule has 0 saturated heterocycles. The standard InChI is InChI=1S/C13H15FN2O/c1-10(2)16-13(17)15-9-5-7-11-6-3-4-8-12(11)14/h3-4,6,8,10H,9H2,1-2H3,(H2,15,16,17). The van der Waals surface area contributed by atoms with Crippen molar-refractivity contribution >= 4 is 6.03 Å². The quantitative estimate of drug-likeness (QED) is 0.754. The summed E-state index contributed by atoms with van der Waals surface area (Å²) in [5, 5.41) is 5.22. The Kier molecular flexibility index (Phi) is 5.02. The van der Waals surface area contributed by atoms with Gasteiger partial charge in [0, 0.05) is 6.04 Å². The molecule has 0 aliphatic rings. The maximum atomic E-state index is 13.1. The van der Waals surface area contributed by atoms with Gasteiger partial charge in [-0.05, 0) is 26.0 Å². The van der Waals surface area contributed by atoms with Crippen LogP contribution in [0.25, 0.3) is 0 Å². The minimum absolute atomic E-state index is 0.0783. The van der Waals surface area contributed by atoms with E-state index >= 15 is 0 Å². The SMILES string of the molecule is CC(C)NC(=O)NCC#Cc1ccccc1F. The monoisotopic (exact) mass is 234 g/mol. The molecule has 1 aromatic carbocycles. The Morgan fingerprint density at radius 2 is 2.12 bits per heavy atom. The summed E-state index contributed by atoms with van der Waals surface area (Å²) in [6.07, 6.45) is 0. The minimum atomic E-state index is -0.355. The topological polar surface area (TPSA) is 41.1 Å². The normalized spacial score (nSPS) is 9.41. The van der Waals surface area contributed by atoms with Crippen LogP contribution in [-0.2, 0) is 0 Å². The van der Waals surface area contributed by atoms with Crippen molar-refractivity contribution < 1.29 is 9.18 Å². The molecule has 0 heterocycles.